The number of rotatable bonds is 5. The molecule has 0 amide bonds. The molecular weight excluding hydrogens is 276 g/mol. The monoisotopic (exact) mass is 300 g/mol. The standard InChI is InChI=1S/C17H24N4O/c1-16(2,15-6-4-3-5-7-15)12-20-10-8-17(22,13-20)14-21-11-9-18-19-21/h3-7,9,11,22H,8,10,12-14H2,1-2H3. The van der Waals surface area contributed by atoms with Gasteiger partial charge < -0.3 is 5.11 Å². The van der Waals surface area contributed by atoms with E-state index >= 15 is 0 Å². The summed E-state index contributed by atoms with van der Waals surface area (Å²) in [4.78, 5) is 2.35. The van der Waals surface area contributed by atoms with Gasteiger partial charge in [0.15, 0.2) is 0 Å². The van der Waals surface area contributed by atoms with Gasteiger partial charge in [0, 0.05) is 31.2 Å². The van der Waals surface area contributed by atoms with Crippen LogP contribution >= 0.6 is 0 Å². The summed E-state index contributed by atoms with van der Waals surface area (Å²) in [6.45, 7) is 7.57. The largest absolute Gasteiger partial charge is 0.387 e. The molecule has 0 spiro atoms. The van der Waals surface area contributed by atoms with Crippen LogP contribution in [0.2, 0.25) is 0 Å². The highest BCUT2D eigenvalue weighted by molar-refractivity contribution is 5.24. The van der Waals surface area contributed by atoms with Gasteiger partial charge >= 0.3 is 0 Å². The van der Waals surface area contributed by atoms with Gasteiger partial charge in [-0.3, -0.25) is 4.90 Å². The van der Waals surface area contributed by atoms with E-state index in [-0.39, 0.29) is 5.41 Å². The van der Waals surface area contributed by atoms with Gasteiger partial charge in [0.1, 0.15) is 0 Å². The summed E-state index contributed by atoms with van der Waals surface area (Å²) in [5.74, 6) is 0. The minimum absolute atomic E-state index is 0.0692. The lowest BCUT2D eigenvalue weighted by molar-refractivity contribution is 0.0265. The molecule has 0 bridgehead atoms. The van der Waals surface area contributed by atoms with Crippen LogP contribution in [-0.4, -0.2) is 50.2 Å². The maximum atomic E-state index is 10.8. The number of likely N-dealkylation sites (tertiary alicyclic amines) is 1. The fourth-order valence-corrected chi connectivity index (χ4v) is 3.36. The normalized spacial score (nSPS) is 23.0. The Hall–Kier alpha value is -1.72. The molecule has 1 fully saturated rings. The molecule has 5 nitrogen and oxygen atoms in total. The molecule has 1 aliphatic rings. The van der Waals surface area contributed by atoms with E-state index in [9.17, 15) is 5.11 Å². The highest BCUT2D eigenvalue weighted by Crippen LogP contribution is 2.29. The molecule has 1 aromatic heterocycles. The molecule has 5 heteroatoms. The molecule has 1 saturated heterocycles. The Morgan fingerprint density at radius 3 is 2.73 bits per heavy atom. The van der Waals surface area contributed by atoms with Crippen molar-refractivity contribution in [2.24, 2.45) is 0 Å². The molecule has 1 unspecified atom stereocenters. The molecule has 0 saturated carbocycles. The molecule has 1 aliphatic heterocycles. The van der Waals surface area contributed by atoms with Crippen LogP contribution in [0.25, 0.3) is 0 Å². The smallest absolute Gasteiger partial charge is 0.0981 e. The van der Waals surface area contributed by atoms with Crippen molar-refractivity contribution in [2.75, 3.05) is 19.6 Å². The molecule has 2 aromatic rings. The van der Waals surface area contributed by atoms with E-state index in [0.29, 0.717) is 13.1 Å². The summed E-state index contributed by atoms with van der Waals surface area (Å²) in [6, 6.07) is 10.6. The first kappa shape index (κ1) is 15.2. The minimum atomic E-state index is -0.708. The maximum absolute atomic E-state index is 10.8. The average molecular weight is 300 g/mol. The lowest BCUT2D eigenvalue weighted by atomic mass is 9.84. The van der Waals surface area contributed by atoms with Crippen molar-refractivity contribution < 1.29 is 5.11 Å². The SMILES string of the molecule is CC(C)(CN1CCC(O)(Cn2ccnn2)C1)c1ccccc1. The molecule has 2 heterocycles. The summed E-state index contributed by atoms with van der Waals surface area (Å²) < 4.78 is 1.71. The van der Waals surface area contributed by atoms with Crippen LogP contribution in [0, 0.1) is 0 Å². The van der Waals surface area contributed by atoms with E-state index in [1.54, 1.807) is 17.1 Å². The van der Waals surface area contributed by atoms with E-state index in [2.05, 4.69) is 53.3 Å². The van der Waals surface area contributed by atoms with Crippen LogP contribution in [0.1, 0.15) is 25.8 Å². The van der Waals surface area contributed by atoms with Crippen molar-refractivity contribution in [3.63, 3.8) is 0 Å². The van der Waals surface area contributed by atoms with Crippen LogP contribution in [0.3, 0.4) is 0 Å². The van der Waals surface area contributed by atoms with Gasteiger partial charge in [0.2, 0.25) is 0 Å². The maximum Gasteiger partial charge on any atom is 0.0981 e. The van der Waals surface area contributed by atoms with Gasteiger partial charge in [-0.2, -0.15) is 0 Å². The third kappa shape index (κ3) is 3.36. The van der Waals surface area contributed by atoms with Gasteiger partial charge in [-0.15, -0.1) is 5.10 Å². The molecule has 118 valence electrons. The van der Waals surface area contributed by atoms with Gasteiger partial charge in [0.25, 0.3) is 0 Å². The van der Waals surface area contributed by atoms with Crippen molar-refractivity contribution in [2.45, 2.75) is 37.8 Å². The Balaban J connectivity index is 1.63. The highest BCUT2D eigenvalue weighted by atomic mass is 16.3. The predicted molar refractivity (Wildman–Crippen MR) is 85.5 cm³/mol. The Morgan fingerprint density at radius 2 is 2.05 bits per heavy atom. The van der Waals surface area contributed by atoms with Gasteiger partial charge in [-0.1, -0.05) is 49.4 Å². The third-order valence-corrected chi connectivity index (χ3v) is 4.51. The van der Waals surface area contributed by atoms with E-state index in [1.165, 1.54) is 5.56 Å². The minimum Gasteiger partial charge on any atom is -0.387 e. The zero-order valence-electron chi connectivity index (χ0n) is 13.3. The fraction of sp³-hybridized carbons (Fsp3) is 0.529. The zero-order chi connectivity index (χ0) is 15.6. The second kappa shape index (κ2) is 5.82. The second-order valence-electron chi connectivity index (χ2n) is 7.04. The van der Waals surface area contributed by atoms with Crippen LogP contribution in [0.5, 0.6) is 0 Å². The number of aliphatic hydroxyl groups is 1. The average Bonchev–Trinajstić information content (AvgIpc) is 3.10. The van der Waals surface area contributed by atoms with E-state index < -0.39 is 5.60 Å². The topological polar surface area (TPSA) is 54.2 Å². The van der Waals surface area contributed by atoms with E-state index in [4.69, 9.17) is 0 Å². The predicted octanol–water partition coefficient (Wildman–Crippen LogP) is 1.69. The Kier molecular flexibility index (Phi) is 4.02. The molecule has 1 N–H and O–H groups in total. The summed E-state index contributed by atoms with van der Waals surface area (Å²) in [5, 5.41) is 18.5. The summed E-state index contributed by atoms with van der Waals surface area (Å²) in [7, 11) is 0. The molecular formula is C17H24N4O. The third-order valence-electron chi connectivity index (χ3n) is 4.51. The lowest BCUT2D eigenvalue weighted by Crippen LogP contribution is -2.41. The first-order valence-corrected chi connectivity index (χ1v) is 7.81. The first-order chi connectivity index (χ1) is 10.5. The summed E-state index contributed by atoms with van der Waals surface area (Å²) in [6.07, 6.45) is 4.22. The Labute approximate surface area is 131 Å². The fourth-order valence-electron chi connectivity index (χ4n) is 3.36. The number of nitrogens with zero attached hydrogens (tertiary/aromatic N) is 4. The zero-order valence-corrected chi connectivity index (χ0v) is 13.3. The van der Waals surface area contributed by atoms with Crippen molar-refractivity contribution in [1.29, 1.82) is 0 Å². The molecule has 0 aliphatic carbocycles. The summed E-state index contributed by atoms with van der Waals surface area (Å²) >= 11 is 0. The molecule has 22 heavy (non-hydrogen) atoms. The first-order valence-electron chi connectivity index (χ1n) is 7.81. The van der Waals surface area contributed by atoms with Crippen LogP contribution in [0.15, 0.2) is 42.7 Å². The number of benzene rings is 1. The van der Waals surface area contributed by atoms with Crippen LogP contribution in [-0.2, 0) is 12.0 Å². The van der Waals surface area contributed by atoms with Crippen molar-refractivity contribution in [3.05, 3.63) is 48.3 Å². The van der Waals surface area contributed by atoms with Gasteiger partial charge in [-0.05, 0) is 12.0 Å². The number of hydrogen-bond acceptors (Lipinski definition) is 4. The van der Waals surface area contributed by atoms with Crippen molar-refractivity contribution in [3.8, 4) is 0 Å². The molecule has 1 atom stereocenters. The van der Waals surface area contributed by atoms with Crippen molar-refractivity contribution in [1.82, 2.24) is 19.9 Å². The Morgan fingerprint density at radius 1 is 1.27 bits per heavy atom. The van der Waals surface area contributed by atoms with Gasteiger partial charge in [-0.25, -0.2) is 4.68 Å². The molecule has 0 radical (unpaired) electrons. The van der Waals surface area contributed by atoms with Gasteiger partial charge in [0.05, 0.1) is 18.3 Å². The number of β-amino-alcohol motifs (C(OH)–C–C–N with tert-alkyl or cyclic N) is 1. The Bertz CT molecular complexity index is 596. The molecule has 3 rings (SSSR count). The number of hydrogen-bond donors (Lipinski definition) is 1. The van der Waals surface area contributed by atoms with Crippen LogP contribution < -0.4 is 0 Å². The lowest BCUT2D eigenvalue weighted by Gasteiger charge is -2.31. The molecule has 1 aromatic carbocycles. The van der Waals surface area contributed by atoms with E-state index in [1.807, 2.05) is 6.07 Å². The highest BCUT2D eigenvalue weighted by Gasteiger charge is 2.38. The quantitative estimate of drug-likeness (QED) is 0.913. The number of aromatic nitrogens is 3. The van der Waals surface area contributed by atoms with Crippen LogP contribution in [0.4, 0.5) is 0 Å². The summed E-state index contributed by atoms with van der Waals surface area (Å²) in [5.41, 5.74) is 0.696. The van der Waals surface area contributed by atoms with Crippen molar-refractivity contribution >= 4 is 0 Å². The van der Waals surface area contributed by atoms with E-state index in [0.717, 1.165) is 19.5 Å². The second-order valence-corrected chi connectivity index (χ2v) is 7.04.